The summed E-state index contributed by atoms with van der Waals surface area (Å²) in [6, 6.07) is 18.2. The third-order valence-electron chi connectivity index (χ3n) is 2.79. The SMILES string of the molecule is O=Cc1sc2ccccc2c1-c1ccccc1. The van der Waals surface area contributed by atoms with Crippen LogP contribution in [0.25, 0.3) is 21.2 Å². The molecule has 0 bridgehead atoms. The number of benzene rings is 2. The van der Waals surface area contributed by atoms with Crippen LogP contribution < -0.4 is 0 Å². The molecule has 1 aromatic heterocycles. The number of aldehydes is 1. The van der Waals surface area contributed by atoms with Crippen LogP contribution in [0.2, 0.25) is 0 Å². The smallest absolute Gasteiger partial charge is 0.160 e. The first-order chi connectivity index (χ1) is 8.40. The lowest BCUT2D eigenvalue weighted by atomic mass is 10.0. The van der Waals surface area contributed by atoms with Gasteiger partial charge in [0.2, 0.25) is 0 Å². The highest BCUT2D eigenvalue weighted by Crippen LogP contribution is 2.37. The van der Waals surface area contributed by atoms with Gasteiger partial charge in [-0.15, -0.1) is 11.3 Å². The maximum absolute atomic E-state index is 11.2. The number of hydrogen-bond acceptors (Lipinski definition) is 2. The summed E-state index contributed by atoms with van der Waals surface area (Å²) in [7, 11) is 0. The molecule has 3 rings (SSSR count). The molecule has 1 heterocycles. The summed E-state index contributed by atoms with van der Waals surface area (Å²) >= 11 is 1.55. The Bertz CT molecular complexity index is 668. The van der Waals surface area contributed by atoms with Crippen molar-refractivity contribution in [2.45, 2.75) is 0 Å². The van der Waals surface area contributed by atoms with E-state index in [1.807, 2.05) is 42.5 Å². The molecule has 0 N–H and O–H groups in total. The summed E-state index contributed by atoms with van der Waals surface area (Å²) < 4.78 is 1.16. The van der Waals surface area contributed by atoms with Gasteiger partial charge in [-0.3, -0.25) is 4.79 Å². The normalized spacial score (nSPS) is 10.6. The van der Waals surface area contributed by atoms with E-state index in [1.54, 1.807) is 11.3 Å². The van der Waals surface area contributed by atoms with E-state index in [1.165, 1.54) is 0 Å². The van der Waals surface area contributed by atoms with Crippen LogP contribution in [0, 0.1) is 0 Å². The summed E-state index contributed by atoms with van der Waals surface area (Å²) in [5.41, 5.74) is 2.16. The topological polar surface area (TPSA) is 17.1 Å². The van der Waals surface area contributed by atoms with Gasteiger partial charge < -0.3 is 0 Å². The summed E-state index contributed by atoms with van der Waals surface area (Å²) in [6.07, 6.45) is 0.951. The monoisotopic (exact) mass is 238 g/mol. The van der Waals surface area contributed by atoms with Crippen molar-refractivity contribution in [1.82, 2.24) is 0 Å². The van der Waals surface area contributed by atoms with Crippen LogP contribution in [0.5, 0.6) is 0 Å². The standard InChI is InChI=1S/C15H10OS/c16-10-14-15(11-6-2-1-3-7-11)12-8-4-5-9-13(12)17-14/h1-10H. The molecule has 0 aliphatic heterocycles. The van der Waals surface area contributed by atoms with E-state index in [9.17, 15) is 4.79 Å². The number of rotatable bonds is 2. The van der Waals surface area contributed by atoms with Crippen molar-refractivity contribution < 1.29 is 4.79 Å². The fraction of sp³-hybridized carbons (Fsp3) is 0. The second kappa shape index (κ2) is 4.15. The van der Waals surface area contributed by atoms with Crippen LogP contribution in [0.15, 0.2) is 54.6 Å². The van der Waals surface area contributed by atoms with E-state index in [-0.39, 0.29) is 0 Å². The Morgan fingerprint density at radius 1 is 0.882 bits per heavy atom. The molecule has 2 heteroatoms. The molecule has 1 nitrogen and oxygen atoms in total. The van der Waals surface area contributed by atoms with Crippen molar-refractivity contribution >= 4 is 27.7 Å². The molecule has 0 aliphatic rings. The van der Waals surface area contributed by atoms with Crippen molar-refractivity contribution in [3.05, 3.63) is 59.5 Å². The molecule has 0 amide bonds. The second-order valence-electron chi connectivity index (χ2n) is 3.82. The maximum atomic E-state index is 11.2. The van der Waals surface area contributed by atoms with Crippen LogP contribution >= 0.6 is 11.3 Å². The number of hydrogen-bond donors (Lipinski definition) is 0. The van der Waals surface area contributed by atoms with Gasteiger partial charge in [0.05, 0.1) is 4.88 Å². The number of carbonyl (C=O) groups excluding carboxylic acids is 1. The van der Waals surface area contributed by atoms with Crippen LogP contribution in [0.1, 0.15) is 9.67 Å². The van der Waals surface area contributed by atoms with Gasteiger partial charge in [0.25, 0.3) is 0 Å². The van der Waals surface area contributed by atoms with E-state index < -0.39 is 0 Å². The Labute approximate surface area is 103 Å². The van der Waals surface area contributed by atoms with Crippen molar-refractivity contribution in [3.63, 3.8) is 0 Å². The Morgan fingerprint density at radius 2 is 1.59 bits per heavy atom. The zero-order chi connectivity index (χ0) is 11.7. The molecule has 0 aliphatic carbocycles. The van der Waals surface area contributed by atoms with Crippen LogP contribution in [0.4, 0.5) is 0 Å². The summed E-state index contributed by atoms with van der Waals surface area (Å²) in [5.74, 6) is 0. The molecule has 82 valence electrons. The molecule has 0 spiro atoms. The van der Waals surface area contributed by atoms with Crippen LogP contribution in [-0.4, -0.2) is 6.29 Å². The largest absolute Gasteiger partial charge is 0.297 e. The van der Waals surface area contributed by atoms with Gasteiger partial charge in [-0.1, -0.05) is 48.5 Å². The highest BCUT2D eigenvalue weighted by Gasteiger charge is 2.12. The molecule has 0 unspecified atom stereocenters. The fourth-order valence-electron chi connectivity index (χ4n) is 2.05. The predicted molar refractivity (Wildman–Crippen MR) is 72.6 cm³/mol. The molecule has 2 aromatic carbocycles. The summed E-state index contributed by atoms with van der Waals surface area (Å²) in [6.45, 7) is 0. The van der Waals surface area contributed by atoms with Crippen molar-refractivity contribution in [1.29, 1.82) is 0 Å². The molecule has 0 fully saturated rings. The molecular formula is C15H10OS. The van der Waals surface area contributed by atoms with Gasteiger partial charge in [0.1, 0.15) is 0 Å². The first-order valence-electron chi connectivity index (χ1n) is 5.42. The predicted octanol–water partition coefficient (Wildman–Crippen LogP) is 4.38. The maximum Gasteiger partial charge on any atom is 0.160 e. The van der Waals surface area contributed by atoms with Crippen molar-refractivity contribution in [2.24, 2.45) is 0 Å². The Hall–Kier alpha value is -1.93. The zero-order valence-corrected chi connectivity index (χ0v) is 9.91. The minimum Gasteiger partial charge on any atom is -0.297 e. The van der Waals surface area contributed by atoms with Crippen molar-refractivity contribution in [3.8, 4) is 11.1 Å². The average Bonchev–Trinajstić information content (AvgIpc) is 2.78. The van der Waals surface area contributed by atoms with Gasteiger partial charge in [0.15, 0.2) is 6.29 Å². The Kier molecular flexibility index (Phi) is 2.50. The lowest BCUT2D eigenvalue weighted by Gasteiger charge is -2.00. The first-order valence-corrected chi connectivity index (χ1v) is 6.24. The van der Waals surface area contributed by atoms with Gasteiger partial charge in [0, 0.05) is 15.6 Å². The molecule has 0 radical (unpaired) electrons. The van der Waals surface area contributed by atoms with Gasteiger partial charge in [-0.2, -0.15) is 0 Å². The second-order valence-corrected chi connectivity index (χ2v) is 4.91. The first kappa shape index (κ1) is 10.2. The molecular weight excluding hydrogens is 228 g/mol. The van der Waals surface area contributed by atoms with Crippen LogP contribution in [0.3, 0.4) is 0 Å². The fourth-order valence-corrected chi connectivity index (χ4v) is 3.09. The highest BCUT2D eigenvalue weighted by atomic mass is 32.1. The van der Waals surface area contributed by atoms with E-state index in [0.717, 1.165) is 32.4 Å². The van der Waals surface area contributed by atoms with Gasteiger partial charge in [-0.05, 0) is 11.6 Å². The van der Waals surface area contributed by atoms with Crippen molar-refractivity contribution in [2.75, 3.05) is 0 Å². The minimum absolute atomic E-state index is 0.803. The molecule has 0 atom stereocenters. The highest BCUT2D eigenvalue weighted by molar-refractivity contribution is 7.21. The van der Waals surface area contributed by atoms with E-state index in [0.29, 0.717) is 0 Å². The molecule has 0 saturated heterocycles. The molecule has 0 saturated carbocycles. The van der Waals surface area contributed by atoms with Gasteiger partial charge >= 0.3 is 0 Å². The van der Waals surface area contributed by atoms with E-state index in [2.05, 4.69) is 12.1 Å². The zero-order valence-electron chi connectivity index (χ0n) is 9.09. The Morgan fingerprint density at radius 3 is 2.35 bits per heavy atom. The average molecular weight is 238 g/mol. The summed E-state index contributed by atoms with van der Waals surface area (Å²) in [4.78, 5) is 12.0. The number of thiophene rings is 1. The third-order valence-corrected chi connectivity index (χ3v) is 3.89. The van der Waals surface area contributed by atoms with E-state index in [4.69, 9.17) is 0 Å². The third kappa shape index (κ3) is 1.67. The van der Waals surface area contributed by atoms with Gasteiger partial charge in [-0.25, -0.2) is 0 Å². The van der Waals surface area contributed by atoms with Crippen LogP contribution in [-0.2, 0) is 0 Å². The lowest BCUT2D eigenvalue weighted by molar-refractivity contribution is 0.112. The summed E-state index contributed by atoms with van der Waals surface area (Å²) in [5, 5.41) is 1.16. The minimum atomic E-state index is 0.803. The lowest BCUT2D eigenvalue weighted by Crippen LogP contribution is -1.80. The van der Waals surface area contributed by atoms with E-state index >= 15 is 0 Å². The molecule has 3 aromatic rings. The number of carbonyl (C=O) groups is 1. The Balaban J connectivity index is 2.38. The quantitative estimate of drug-likeness (QED) is 0.605. The molecule has 17 heavy (non-hydrogen) atoms. The number of fused-ring (bicyclic) bond motifs is 1.